The number of fused-ring (bicyclic) bond motifs is 2. The number of carbonyl (C=O) groups excluding carboxylic acids is 1. The predicted molar refractivity (Wildman–Crippen MR) is 200 cm³/mol. The number of ether oxygens (including phenoxy) is 1. The lowest BCUT2D eigenvalue weighted by Crippen LogP contribution is -2.31. The number of carbonyl (C=O) groups is 1. The molecule has 0 radical (unpaired) electrons. The van der Waals surface area contributed by atoms with Crippen LogP contribution in [0.15, 0.2) is 91.0 Å². The van der Waals surface area contributed by atoms with E-state index in [1.807, 2.05) is 0 Å². The van der Waals surface area contributed by atoms with Crippen LogP contribution in [-0.4, -0.2) is 36.7 Å². The van der Waals surface area contributed by atoms with Crippen molar-refractivity contribution in [1.82, 2.24) is 4.57 Å². The van der Waals surface area contributed by atoms with Gasteiger partial charge in [-0.2, -0.15) is 0 Å². The largest absolute Gasteiger partial charge is 0.440 e. The van der Waals surface area contributed by atoms with E-state index < -0.39 is 5.60 Å². The molecule has 2 heterocycles. The molecule has 0 saturated carbocycles. The lowest BCUT2D eigenvalue weighted by molar-refractivity contribution is 0.0257. The number of benzene rings is 4. The van der Waals surface area contributed by atoms with E-state index in [4.69, 9.17) is 4.74 Å². The van der Waals surface area contributed by atoms with Crippen LogP contribution in [0.1, 0.15) is 68.6 Å². The van der Waals surface area contributed by atoms with Crippen molar-refractivity contribution in [2.45, 2.75) is 53.7 Å². The van der Waals surface area contributed by atoms with E-state index in [-0.39, 0.29) is 5.97 Å². The Balaban J connectivity index is 1.71. The maximum atomic E-state index is 14.2. The number of aryl methyl sites for hydroxylation is 1. The van der Waals surface area contributed by atoms with Crippen molar-refractivity contribution in [3.63, 3.8) is 0 Å². The van der Waals surface area contributed by atoms with E-state index >= 15 is 0 Å². The summed E-state index contributed by atoms with van der Waals surface area (Å²) in [6.45, 7) is 17.6. The van der Waals surface area contributed by atoms with Gasteiger partial charge in [-0.15, -0.1) is 0 Å². The van der Waals surface area contributed by atoms with Gasteiger partial charge in [0, 0.05) is 69.6 Å². The molecule has 1 unspecified atom stereocenters. The molecule has 0 amide bonds. The maximum absolute atomic E-state index is 14.2. The van der Waals surface area contributed by atoms with E-state index in [9.17, 15) is 4.79 Å². The van der Waals surface area contributed by atoms with Crippen molar-refractivity contribution in [2.75, 3.05) is 36.0 Å². The maximum Gasteiger partial charge on any atom is 0.340 e. The van der Waals surface area contributed by atoms with Crippen molar-refractivity contribution in [2.24, 2.45) is 5.92 Å². The smallest absolute Gasteiger partial charge is 0.340 e. The van der Waals surface area contributed by atoms with Gasteiger partial charge in [-0.25, -0.2) is 4.79 Å². The predicted octanol–water partition coefficient (Wildman–Crippen LogP) is 9.72. The Morgan fingerprint density at radius 3 is 2.11 bits per heavy atom. The summed E-state index contributed by atoms with van der Waals surface area (Å²) in [6.07, 6.45) is 0. The second-order valence-corrected chi connectivity index (χ2v) is 13.6. The molecule has 46 heavy (non-hydrogen) atoms. The molecule has 6 rings (SSSR count). The fraction of sp³-hybridized carbons (Fsp3) is 0.325. The Morgan fingerprint density at radius 2 is 1.48 bits per heavy atom. The van der Waals surface area contributed by atoms with Gasteiger partial charge in [-0.1, -0.05) is 74.5 Å². The molecule has 1 aromatic heterocycles. The summed E-state index contributed by atoms with van der Waals surface area (Å²) < 4.78 is 10.4. The van der Waals surface area contributed by atoms with Gasteiger partial charge in [0.1, 0.15) is 0 Å². The second-order valence-electron chi connectivity index (χ2n) is 12.4. The number of halogens is 1. The van der Waals surface area contributed by atoms with Gasteiger partial charge in [0.15, 0.2) is 5.60 Å². The monoisotopic (exact) mass is 725 g/mol. The molecule has 6 heteroatoms. The molecule has 0 aliphatic carbocycles. The summed E-state index contributed by atoms with van der Waals surface area (Å²) >= 11 is 2.44. The van der Waals surface area contributed by atoms with E-state index in [2.05, 4.69) is 169 Å². The zero-order chi connectivity index (χ0) is 32.6. The molecule has 1 aliphatic heterocycles. The number of para-hydroxylation sites is 1. The average Bonchev–Trinajstić information content (AvgIpc) is 3.56. The topological polar surface area (TPSA) is 37.7 Å². The van der Waals surface area contributed by atoms with E-state index in [1.165, 1.54) is 5.69 Å². The van der Waals surface area contributed by atoms with Gasteiger partial charge in [0.05, 0.1) is 16.9 Å². The van der Waals surface area contributed by atoms with Crippen LogP contribution in [0.5, 0.6) is 0 Å². The molecule has 1 aliphatic rings. The second kappa shape index (κ2) is 13.1. The molecule has 238 valence electrons. The molecule has 5 aromatic rings. The first-order valence-corrected chi connectivity index (χ1v) is 17.7. The van der Waals surface area contributed by atoms with Crippen molar-refractivity contribution in [3.05, 3.63) is 117 Å². The molecule has 0 fully saturated rings. The van der Waals surface area contributed by atoms with Crippen molar-refractivity contribution < 1.29 is 9.53 Å². The summed E-state index contributed by atoms with van der Waals surface area (Å²) in [7, 11) is 0. The third-order valence-corrected chi connectivity index (χ3v) is 10.2. The molecule has 4 aromatic carbocycles. The lowest BCUT2D eigenvalue weighted by Gasteiger charge is -2.33. The van der Waals surface area contributed by atoms with Gasteiger partial charge in [-0.05, 0) is 92.1 Å². The molecule has 5 nitrogen and oxygen atoms in total. The number of nitrogens with zero attached hydrogens (tertiary/aromatic N) is 3. The van der Waals surface area contributed by atoms with Crippen LogP contribution < -0.4 is 9.80 Å². The molecule has 0 N–H and O–H groups in total. The summed E-state index contributed by atoms with van der Waals surface area (Å²) in [6, 6.07) is 32.1. The Morgan fingerprint density at radius 1 is 0.826 bits per heavy atom. The average molecular weight is 726 g/mol. The molecule has 0 bridgehead atoms. The third-order valence-electron chi connectivity index (χ3n) is 9.33. The normalized spacial score (nSPS) is 15.8. The first-order chi connectivity index (χ1) is 22.3. The van der Waals surface area contributed by atoms with Crippen molar-refractivity contribution in [1.29, 1.82) is 0 Å². The lowest BCUT2D eigenvalue weighted by atomic mass is 9.77. The number of esters is 1. The quantitative estimate of drug-likeness (QED) is 0.100. The van der Waals surface area contributed by atoms with Gasteiger partial charge in [-0.3, -0.25) is 0 Å². The highest BCUT2D eigenvalue weighted by Gasteiger charge is 2.52. The summed E-state index contributed by atoms with van der Waals surface area (Å²) in [5, 5.41) is 1.09. The number of hydrogen-bond donors (Lipinski definition) is 0. The fourth-order valence-electron chi connectivity index (χ4n) is 7.27. The van der Waals surface area contributed by atoms with E-state index in [1.54, 1.807) is 0 Å². The summed E-state index contributed by atoms with van der Waals surface area (Å²) in [5.41, 5.74) is 7.89. The molecular formula is C40H44IN3O2. The molecule has 1 atom stereocenters. The van der Waals surface area contributed by atoms with Crippen LogP contribution in [0.25, 0.3) is 22.2 Å². The van der Waals surface area contributed by atoms with Crippen LogP contribution in [0.4, 0.5) is 11.4 Å². The van der Waals surface area contributed by atoms with Crippen LogP contribution in [0, 0.1) is 9.49 Å². The molecule has 0 spiro atoms. The van der Waals surface area contributed by atoms with Crippen molar-refractivity contribution in [3.8, 4) is 11.3 Å². The number of hydrogen-bond acceptors (Lipinski definition) is 4. The highest BCUT2D eigenvalue weighted by molar-refractivity contribution is 14.1. The SMILES string of the molecule is CCN(CC(C)C)c1ccc(C2(c3c(-c4ccccc4)n(CC)c4ccccc34)OC(=O)c3cc(N(CC)CC)c(I)cc32)cc1. The van der Waals surface area contributed by atoms with E-state index in [0.717, 1.165) is 80.8 Å². The Kier molecular flexibility index (Phi) is 9.19. The van der Waals surface area contributed by atoms with Crippen LogP contribution in [-0.2, 0) is 16.9 Å². The van der Waals surface area contributed by atoms with Crippen LogP contribution >= 0.6 is 22.6 Å². The van der Waals surface area contributed by atoms with Gasteiger partial charge < -0.3 is 19.1 Å². The van der Waals surface area contributed by atoms with Crippen LogP contribution in [0.2, 0.25) is 0 Å². The Hall–Kier alpha value is -3.78. The van der Waals surface area contributed by atoms with Gasteiger partial charge in [0.2, 0.25) is 0 Å². The number of anilines is 2. The summed E-state index contributed by atoms with van der Waals surface area (Å²) in [5.74, 6) is 0.260. The summed E-state index contributed by atoms with van der Waals surface area (Å²) in [4.78, 5) is 18.9. The zero-order valence-corrected chi connectivity index (χ0v) is 30.0. The highest BCUT2D eigenvalue weighted by Crippen LogP contribution is 2.54. The minimum atomic E-state index is -1.15. The zero-order valence-electron chi connectivity index (χ0n) is 27.8. The number of rotatable bonds is 11. The minimum Gasteiger partial charge on any atom is -0.440 e. The highest BCUT2D eigenvalue weighted by atomic mass is 127. The fourth-order valence-corrected chi connectivity index (χ4v) is 8.08. The standard InChI is InChI=1S/C40H44IN3O2/c1-7-42(8-2)36-24-32-33(25-34(36)41)40(46-39(32)45,29-20-22-30(23-21-29)43(9-3)26-27(5)6)37-31-18-14-15-19-35(31)44(10-4)38(37)28-16-12-11-13-17-28/h11-25,27H,7-10,26H2,1-6H3. The minimum absolute atomic E-state index is 0.286. The molecule has 0 saturated heterocycles. The Bertz CT molecular complexity index is 1860. The van der Waals surface area contributed by atoms with Gasteiger partial charge in [0.25, 0.3) is 0 Å². The van der Waals surface area contributed by atoms with E-state index in [0.29, 0.717) is 11.5 Å². The molecular weight excluding hydrogens is 681 g/mol. The Labute approximate surface area is 287 Å². The number of cyclic esters (lactones) is 1. The van der Waals surface area contributed by atoms with Crippen molar-refractivity contribution >= 4 is 50.8 Å². The first kappa shape index (κ1) is 32.2. The number of aromatic nitrogens is 1. The first-order valence-electron chi connectivity index (χ1n) is 16.6. The third kappa shape index (κ3) is 5.28. The van der Waals surface area contributed by atoms with Gasteiger partial charge >= 0.3 is 5.97 Å². The van der Waals surface area contributed by atoms with Crippen LogP contribution in [0.3, 0.4) is 0 Å².